The quantitative estimate of drug-likeness (QED) is 0.672. The van der Waals surface area contributed by atoms with Gasteiger partial charge in [-0.25, -0.2) is 4.52 Å². The lowest BCUT2D eigenvalue weighted by Crippen LogP contribution is -2.10. The second kappa shape index (κ2) is 3.12. The summed E-state index contributed by atoms with van der Waals surface area (Å²) in [7, 11) is 0. The molecule has 0 atom stereocenters. The Hall–Kier alpha value is -1.31. The molecule has 0 fully saturated rings. The molecule has 0 radical (unpaired) electrons. The normalized spacial score (nSPS) is 12.2. The maximum Gasteiger partial charge on any atom is 0.0693 e. The smallest absolute Gasteiger partial charge is 0.0693 e. The predicted molar refractivity (Wildman–Crippen MR) is 58.4 cm³/mol. The van der Waals surface area contributed by atoms with Gasteiger partial charge < -0.3 is 0 Å². The Kier molecular flexibility index (Phi) is 2.06. The van der Waals surface area contributed by atoms with Crippen molar-refractivity contribution in [2.24, 2.45) is 5.41 Å². The molecule has 0 spiro atoms. The first-order valence-corrected chi connectivity index (χ1v) is 4.97. The van der Waals surface area contributed by atoms with Gasteiger partial charge in [-0.05, 0) is 29.5 Å². The van der Waals surface area contributed by atoms with Crippen LogP contribution < -0.4 is 0 Å². The summed E-state index contributed by atoms with van der Waals surface area (Å²) in [6.45, 7) is 6.77. The predicted octanol–water partition coefficient (Wildman–Crippen LogP) is 2.92. The van der Waals surface area contributed by atoms with Gasteiger partial charge in [0.25, 0.3) is 0 Å². The zero-order valence-electron chi connectivity index (χ0n) is 8.99. The Morgan fingerprint density at radius 1 is 1.29 bits per heavy atom. The zero-order chi connectivity index (χ0) is 10.2. The van der Waals surface area contributed by atoms with Gasteiger partial charge in [0.2, 0.25) is 0 Å². The maximum atomic E-state index is 4.23. The molecule has 2 heterocycles. The minimum Gasteiger partial charge on any atom is -0.241 e. The van der Waals surface area contributed by atoms with Crippen LogP contribution >= 0.6 is 0 Å². The number of hydrogen-bond donors (Lipinski definition) is 0. The Balaban J connectivity index is 2.46. The van der Waals surface area contributed by atoms with Crippen LogP contribution in [0.5, 0.6) is 0 Å². The van der Waals surface area contributed by atoms with Gasteiger partial charge in [0.05, 0.1) is 5.52 Å². The third-order valence-electron chi connectivity index (χ3n) is 2.24. The van der Waals surface area contributed by atoms with Crippen molar-refractivity contribution in [3.05, 3.63) is 36.2 Å². The van der Waals surface area contributed by atoms with E-state index in [1.807, 2.05) is 16.9 Å². The van der Waals surface area contributed by atoms with Gasteiger partial charge in [-0.1, -0.05) is 26.8 Å². The standard InChI is InChI=1S/C12H16N2/c1-12(2,3)9-10-5-4-8-14-11(10)6-7-13-14/h4-8H,9H2,1-3H3. The van der Waals surface area contributed by atoms with Gasteiger partial charge in [-0.15, -0.1) is 0 Å². The molecule has 0 unspecified atom stereocenters. The van der Waals surface area contributed by atoms with Crippen molar-refractivity contribution in [3.8, 4) is 0 Å². The molecule has 74 valence electrons. The van der Waals surface area contributed by atoms with Gasteiger partial charge in [-0.2, -0.15) is 5.10 Å². The van der Waals surface area contributed by atoms with E-state index >= 15 is 0 Å². The Morgan fingerprint density at radius 3 is 2.79 bits per heavy atom. The van der Waals surface area contributed by atoms with Crippen LogP contribution in [-0.4, -0.2) is 9.61 Å². The molecule has 2 aromatic rings. The summed E-state index contributed by atoms with van der Waals surface area (Å²) in [6.07, 6.45) is 4.92. The van der Waals surface area contributed by atoms with Crippen molar-refractivity contribution in [1.82, 2.24) is 9.61 Å². The van der Waals surface area contributed by atoms with E-state index in [-0.39, 0.29) is 0 Å². The Labute approximate surface area is 84.6 Å². The molecule has 2 nitrogen and oxygen atoms in total. The number of fused-ring (bicyclic) bond motifs is 1. The summed E-state index contributed by atoms with van der Waals surface area (Å²) in [5, 5.41) is 4.23. The Morgan fingerprint density at radius 2 is 2.07 bits per heavy atom. The third kappa shape index (κ3) is 1.79. The first kappa shape index (κ1) is 9.25. The van der Waals surface area contributed by atoms with Crippen molar-refractivity contribution < 1.29 is 0 Å². The number of hydrogen-bond acceptors (Lipinski definition) is 1. The fraction of sp³-hybridized carbons (Fsp3) is 0.417. The summed E-state index contributed by atoms with van der Waals surface area (Å²) >= 11 is 0. The van der Waals surface area contributed by atoms with Gasteiger partial charge in [0, 0.05) is 12.4 Å². The number of aromatic nitrogens is 2. The molecule has 0 saturated carbocycles. The average molecular weight is 188 g/mol. The Bertz CT molecular complexity index is 435. The lowest BCUT2D eigenvalue weighted by atomic mass is 9.88. The van der Waals surface area contributed by atoms with Crippen molar-refractivity contribution in [2.45, 2.75) is 27.2 Å². The average Bonchev–Trinajstić information content (AvgIpc) is 2.49. The van der Waals surface area contributed by atoms with Crippen LogP contribution in [0.3, 0.4) is 0 Å². The third-order valence-corrected chi connectivity index (χ3v) is 2.24. The fourth-order valence-corrected chi connectivity index (χ4v) is 1.73. The highest BCUT2D eigenvalue weighted by Crippen LogP contribution is 2.23. The molecular weight excluding hydrogens is 172 g/mol. The molecule has 2 heteroatoms. The van der Waals surface area contributed by atoms with Crippen LogP contribution in [0.2, 0.25) is 0 Å². The molecule has 0 aromatic carbocycles. The molecular formula is C12H16N2. The highest BCUT2D eigenvalue weighted by molar-refractivity contribution is 5.53. The topological polar surface area (TPSA) is 17.3 Å². The number of rotatable bonds is 1. The van der Waals surface area contributed by atoms with Gasteiger partial charge in [0.15, 0.2) is 0 Å². The van der Waals surface area contributed by atoms with E-state index in [4.69, 9.17) is 0 Å². The zero-order valence-corrected chi connectivity index (χ0v) is 8.99. The van der Waals surface area contributed by atoms with Crippen molar-refractivity contribution in [2.75, 3.05) is 0 Å². The molecule has 14 heavy (non-hydrogen) atoms. The van der Waals surface area contributed by atoms with Crippen molar-refractivity contribution in [1.29, 1.82) is 0 Å². The molecule has 0 amide bonds. The lowest BCUT2D eigenvalue weighted by molar-refractivity contribution is 0.412. The van der Waals surface area contributed by atoms with Crippen LogP contribution in [0.4, 0.5) is 0 Å². The van der Waals surface area contributed by atoms with E-state index in [0.717, 1.165) is 6.42 Å². The lowest BCUT2D eigenvalue weighted by Gasteiger charge is -2.18. The molecule has 0 aliphatic rings. The highest BCUT2D eigenvalue weighted by Gasteiger charge is 2.13. The van der Waals surface area contributed by atoms with Gasteiger partial charge >= 0.3 is 0 Å². The molecule has 2 rings (SSSR count). The van der Waals surface area contributed by atoms with Gasteiger partial charge in [0.1, 0.15) is 0 Å². The summed E-state index contributed by atoms with van der Waals surface area (Å²) in [5.74, 6) is 0. The van der Waals surface area contributed by atoms with E-state index < -0.39 is 0 Å². The van der Waals surface area contributed by atoms with Crippen LogP contribution in [0, 0.1) is 5.41 Å². The van der Waals surface area contributed by atoms with Crippen LogP contribution in [0.25, 0.3) is 5.52 Å². The fourth-order valence-electron chi connectivity index (χ4n) is 1.73. The van der Waals surface area contributed by atoms with Crippen molar-refractivity contribution in [3.63, 3.8) is 0 Å². The van der Waals surface area contributed by atoms with Gasteiger partial charge in [-0.3, -0.25) is 0 Å². The number of nitrogens with zero attached hydrogens (tertiary/aromatic N) is 2. The van der Waals surface area contributed by atoms with Crippen molar-refractivity contribution >= 4 is 5.52 Å². The van der Waals surface area contributed by atoms with Crippen LogP contribution in [-0.2, 0) is 6.42 Å². The monoisotopic (exact) mass is 188 g/mol. The molecule has 0 bridgehead atoms. The SMILES string of the molecule is CC(C)(C)Cc1cccn2nccc12. The van der Waals surface area contributed by atoms with E-state index in [2.05, 4.69) is 44.1 Å². The van der Waals surface area contributed by atoms with E-state index in [0.29, 0.717) is 5.41 Å². The molecule has 0 saturated heterocycles. The molecule has 2 aromatic heterocycles. The molecule has 0 aliphatic heterocycles. The summed E-state index contributed by atoms with van der Waals surface area (Å²) in [6, 6.07) is 6.31. The minimum absolute atomic E-state index is 0.326. The van der Waals surface area contributed by atoms with Crippen LogP contribution in [0.1, 0.15) is 26.3 Å². The van der Waals surface area contributed by atoms with E-state index in [9.17, 15) is 0 Å². The molecule has 0 N–H and O–H groups in total. The maximum absolute atomic E-state index is 4.23. The summed E-state index contributed by atoms with van der Waals surface area (Å²) in [4.78, 5) is 0. The summed E-state index contributed by atoms with van der Waals surface area (Å²) < 4.78 is 1.93. The minimum atomic E-state index is 0.326. The van der Waals surface area contributed by atoms with Crippen LogP contribution in [0.15, 0.2) is 30.6 Å². The largest absolute Gasteiger partial charge is 0.241 e. The van der Waals surface area contributed by atoms with E-state index in [1.165, 1.54) is 11.1 Å². The first-order valence-electron chi connectivity index (χ1n) is 4.97. The summed E-state index contributed by atoms with van der Waals surface area (Å²) in [5.41, 5.74) is 2.92. The first-order chi connectivity index (χ1) is 6.56. The molecule has 0 aliphatic carbocycles. The number of pyridine rings is 1. The highest BCUT2D eigenvalue weighted by atomic mass is 15.2. The van der Waals surface area contributed by atoms with E-state index in [1.54, 1.807) is 0 Å². The second-order valence-corrected chi connectivity index (χ2v) is 4.93. The second-order valence-electron chi connectivity index (χ2n) is 4.93.